The van der Waals surface area contributed by atoms with E-state index in [0.717, 1.165) is 31.2 Å². The topological polar surface area (TPSA) is 43.2 Å². The first-order valence-electron chi connectivity index (χ1n) is 8.52. The van der Waals surface area contributed by atoms with Crippen LogP contribution >= 0.6 is 0 Å². The van der Waals surface area contributed by atoms with Gasteiger partial charge in [0, 0.05) is 37.9 Å². The van der Waals surface area contributed by atoms with Crippen LogP contribution in [0.1, 0.15) is 28.6 Å². The normalized spacial score (nSPS) is 17.3. The van der Waals surface area contributed by atoms with E-state index in [1.165, 1.54) is 16.7 Å². The van der Waals surface area contributed by atoms with Crippen molar-refractivity contribution < 1.29 is 4.74 Å². The minimum Gasteiger partial charge on any atom is -0.497 e. The molecule has 5 nitrogen and oxygen atoms in total. The smallest absolute Gasteiger partial charge is 0.122 e. The lowest BCUT2D eigenvalue weighted by Crippen LogP contribution is -2.36. The second-order valence-electron chi connectivity index (χ2n) is 6.49. The Morgan fingerprint density at radius 3 is 2.76 bits per heavy atom. The summed E-state index contributed by atoms with van der Waals surface area (Å²) in [6.07, 6.45) is 7.76. The quantitative estimate of drug-likeness (QED) is 0.734. The summed E-state index contributed by atoms with van der Waals surface area (Å²) in [6.45, 7) is 4.75. The Hall–Kier alpha value is -2.66. The molecule has 0 N–H and O–H groups in total. The van der Waals surface area contributed by atoms with E-state index in [-0.39, 0.29) is 0 Å². The molecule has 1 atom stereocenters. The van der Waals surface area contributed by atoms with Crippen molar-refractivity contribution >= 4 is 0 Å². The summed E-state index contributed by atoms with van der Waals surface area (Å²) < 4.78 is 7.56. The van der Waals surface area contributed by atoms with Gasteiger partial charge in [0.25, 0.3) is 0 Å². The van der Waals surface area contributed by atoms with Gasteiger partial charge in [-0.05, 0) is 41.8 Å². The number of nitrogens with zero attached hydrogens (tertiary/aromatic N) is 4. The first kappa shape index (κ1) is 15.8. The van der Waals surface area contributed by atoms with Gasteiger partial charge >= 0.3 is 0 Å². The van der Waals surface area contributed by atoms with Gasteiger partial charge in [0.1, 0.15) is 11.6 Å². The summed E-state index contributed by atoms with van der Waals surface area (Å²) >= 11 is 0. The van der Waals surface area contributed by atoms with E-state index in [9.17, 15) is 0 Å². The molecule has 25 heavy (non-hydrogen) atoms. The fraction of sp³-hybridized carbons (Fsp3) is 0.300. The molecule has 0 saturated heterocycles. The monoisotopic (exact) mass is 334 g/mol. The van der Waals surface area contributed by atoms with E-state index >= 15 is 0 Å². The molecule has 0 amide bonds. The zero-order valence-corrected chi connectivity index (χ0v) is 14.6. The third kappa shape index (κ3) is 3.15. The number of pyridine rings is 1. The van der Waals surface area contributed by atoms with Crippen molar-refractivity contribution in [2.75, 3.05) is 7.11 Å². The predicted molar refractivity (Wildman–Crippen MR) is 96.2 cm³/mol. The molecule has 5 heteroatoms. The fourth-order valence-corrected chi connectivity index (χ4v) is 3.46. The van der Waals surface area contributed by atoms with Crippen LogP contribution in [0.25, 0.3) is 0 Å². The van der Waals surface area contributed by atoms with E-state index in [0.29, 0.717) is 6.04 Å². The minimum absolute atomic E-state index is 0.306. The van der Waals surface area contributed by atoms with E-state index in [1.807, 2.05) is 30.7 Å². The number of aromatic nitrogens is 3. The molecule has 1 aromatic carbocycles. The summed E-state index contributed by atoms with van der Waals surface area (Å²) in [4.78, 5) is 11.2. The maximum atomic E-state index is 5.30. The van der Waals surface area contributed by atoms with Crippen LogP contribution in [0.3, 0.4) is 0 Å². The summed E-state index contributed by atoms with van der Waals surface area (Å²) in [7, 11) is 1.70. The zero-order valence-electron chi connectivity index (χ0n) is 14.6. The number of hydrogen-bond acceptors (Lipinski definition) is 4. The molecule has 3 heterocycles. The van der Waals surface area contributed by atoms with E-state index in [4.69, 9.17) is 4.74 Å². The van der Waals surface area contributed by atoms with E-state index < -0.39 is 0 Å². The van der Waals surface area contributed by atoms with Gasteiger partial charge in [0.2, 0.25) is 0 Å². The van der Waals surface area contributed by atoms with Crippen LogP contribution in [-0.4, -0.2) is 26.5 Å². The Balaban J connectivity index is 1.66. The van der Waals surface area contributed by atoms with Crippen LogP contribution in [-0.2, 0) is 19.6 Å². The van der Waals surface area contributed by atoms with Crippen LogP contribution in [0.2, 0.25) is 0 Å². The predicted octanol–water partition coefficient (Wildman–Crippen LogP) is 3.35. The maximum Gasteiger partial charge on any atom is 0.122 e. The van der Waals surface area contributed by atoms with Gasteiger partial charge in [-0.3, -0.25) is 9.88 Å². The molecule has 0 aliphatic carbocycles. The summed E-state index contributed by atoms with van der Waals surface area (Å²) in [5.41, 5.74) is 3.84. The lowest BCUT2D eigenvalue weighted by molar-refractivity contribution is 0.128. The molecule has 0 radical (unpaired) electrons. The molecule has 0 saturated carbocycles. The standard InChI is InChI=1S/C20H22N4O/c1-15-11-21-8-7-17(15)12-24-14-20-22-9-10-23(20)13-19(24)16-3-5-18(25-2)6-4-16/h3-11,19H,12-14H2,1-2H3. The van der Waals surface area contributed by atoms with Crippen LogP contribution in [0.5, 0.6) is 5.75 Å². The highest BCUT2D eigenvalue weighted by Gasteiger charge is 2.28. The van der Waals surface area contributed by atoms with Crippen LogP contribution < -0.4 is 4.74 Å². The Morgan fingerprint density at radius 2 is 2.00 bits per heavy atom. The second-order valence-corrected chi connectivity index (χ2v) is 6.49. The highest BCUT2D eigenvalue weighted by molar-refractivity contribution is 5.30. The maximum absolute atomic E-state index is 5.30. The molecule has 3 aromatic rings. The highest BCUT2D eigenvalue weighted by atomic mass is 16.5. The lowest BCUT2D eigenvalue weighted by Gasteiger charge is -2.36. The number of fused-ring (bicyclic) bond motifs is 1. The van der Waals surface area contributed by atoms with Gasteiger partial charge in [-0.1, -0.05) is 12.1 Å². The van der Waals surface area contributed by atoms with Crippen molar-refractivity contribution in [3.05, 3.63) is 77.6 Å². The number of hydrogen-bond donors (Lipinski definition) is 0. The number of aryl methyl sites for hydroxylation is 1. The summed E-state index contributed by atoms with van der Waals surface area (Å²) in [5, 5.41) is 0. The molecule has 1 aliphatic heterocycles. The minimum atomic E-state index is 0.306. The Bertz CT molecular complexity index is 856. The molecular formula is C20H22N4O. The summed E-state index contributed by atoms with van der Waals surface area (Å²) in [6, 6.07) is 10.8. The third-order valence-electron chi connectivity index (χ3n) is 4.97. The van der Waals surface area contributed by atoms with Crippen LogP contribution in [0, 0.1) is 6.92 Å². The Kier molecular flexibility index (Phi) is 4.24. The average Bonchev–Trinajstić information content (AvgIpc) is 3.10. The molecule has 0 spiro atoms. The molecule has 1 aliphatic rings. The van der Waals surface area contributed by atoms with Crippen molar-refractivity contribution in [1.82, 2.24) is 19.4 Å². The molecular weight excluding hydrogens is 312 g/mol. The number of rotatable bonds is 4. The first-order valence-corrected chi connectivity index (χ1v) is 8.52. The van der Waals surface area contributed by atoms with E-state index in [1.54, 1.807) is 7.11 Å². The van der Waals surface area contributed by atoms with Crippen molar-refractivity contribution in [2.45, 2.75) is 32.6 Å². The van der Waals surface area contributed by atoms with Crippen LogP contribution in [0.15, 0.2) is 55.1 Å². The number of benzene rings is 1. The van der Waals surface area contributed by atoms with Crippen molar-refractivity contribution in [1.29, 1.82) is 0 Å². The van der Waals surface area contributed by atoms with Gasteiger partial charge in [0.15, 0.2) is 0 Å². The Labute approximate surface area is 147 Å². The largest absolute Gasteiger partial charge is 0.497 e. The molecule has 4 rings (SSSR count). The molecule has 0 bridgehead atoms. The first-order chi connectivity index (χ1) is 12.2. The highest BCUT2D eigenvalue weighted by Crippen LogP contribution is 2.31. The van der Waals surface area contributed by atoms with Gasteiger partial charge in [-0.25, -0.2) is 4.98 Å². The lowest BCUT2D eigenvalue weighted by atomic mass is 10.0. The van der Waals surface area contributed by atoms with Crippen molar-refractivity contribution in [3.8, 4) is 5.75 Å². The Morgan fingerprint density at radius 1 is 1.16 bits per heavy atom. The second kappa shape index (κ2) is 6.69. The van der Waals surface area contributed by atoms with Crippen molar-refractivity contribution in [2.24, 2.45) is 0 Å². The van der Waals surface area contributed by atoms with Crippen LogP contribution in [0.4, 0.5) is 0 Å². The van der Waals surface area contributed by atoms with Crippen molar-refractivity contribution in [3.63, 3.8) is 0 Å². The number of ether oxygens (including phenoxy) is 1. The third-order valence-corrected chi connectivity index (χ3v) is 4.97. The summed E-state index contributed by atoms with van der Waals surface area (Å²) in [5.74, 6) is 2.01. The SMILES string of the molecule is COc1ccc(C2Cn3ccnc3CN2Cc2ccncc2C)cc1. The van der Waals surface area contributed by atoms with Gasteiger partial charge in [0.05, 0.1) is 19.7 Å². The van der Waals surface area contributed by atoms with Gasteiger partial charge in [-0.2, -0.15) is 0 Å². The number of imidazole rings is 1. The zero-order chi connectivity index (χ0) is 17.2. The molecule has 1 unspecified atom stereocenters. The molecule has 128 valence electrons. The molecule has 0 fully saturated rings. The van der Waals surface area contributed by atoms with Gasteiger partial charge in [-0.15, -0.1) is 0 Å². The number of methoxy groups -OCH3 is 1. The fourth-order valence-electron chi connectivity index (χ4n) is 3.46. The van der Waals surface area contributed by atoms with Gasteiger partial charge < -0.3 is 9.30 Å². The average molecular weight is 334 g/mol. The molecule has 2 aromatic heterocycles. The van der Waals surface area contributed by atoms with E-state index in [2.05, 4.69) is 50.8 Å².